The lowest BCUT2D eigenvalue weighted by molar-refractivity contribution is 0.0665. The van der Waals surface area contributed by atoms with Crippen LogP contribution in [0.1, 0.15) is 35.2 Å². The maximum Gasteiger partial charge on any atom is 0.254 e. The molecule has 0 aliphatic carbocycles. The van der Waals surface area contributed by atoms with E-state index >= 15 is 0 Å². The van der Waals surface area contributed by atoms with E-state index in [1.165, 1.54) is 0 Å². The Hall–Kier alpha value is -2.28. The fourth-order valence-corrected chi connectivity index (χ4v) is 4.88. The minimum atomic E-state index is -3.10. The number of nitrogens with zero attached hydrogens (tertiary/aromatic N) is 1. The van der Waals surface area contributed by atoms with E-state index in [4.69, 9.17) is 9.15 Å². The lowest BCUT2D eigenvalue weighted by atomic mass is 10.1. The first-order valence-electron chi connectivity index (χ1n) is 8.67. The van der Waals surface area contributed by atoms with Gasteiger partial charge in [0.2, 0.25) is 0 Å². The summed E-state index contributed by atoms with van der Waals surface area (Å²) in [4.78, 5) is 14.7. The summed E-state index contributed by atoms with van der Waals surface area (Å²) >= 11 is 0. The molecule has 1 fully saturated rings. The molecule has 2 heterocycles. The fourth-order valence-electron chi connectivity index (χ4n) is 3.15. The summed E-state index contributed by atoms with van der Waals surface area (Å²) in [6.45, 7) is 4.53. The van der Waals surface area contributed by atoms with Crippen LogP contribution in [0.2, 0.25) is 0 Å². The van der Waals surface area contributed by atoms with Crippen LogP contribution in [0.25, 0.3) is 0 Å². The van der Waals surface area contributed by atoms with E-state index < -0.39 is 9.84 Å². The molecule has 1 aromatic carbocycles. The van der Waals surface area contributed by atoms with Gasteiger partial charge in [0, 0.05) is 11.6 Å². The Morgan fingerprint density at radius 3 is 2.50 bits per heavy atom. The van der Waals surface area contributed by atoms with Gasteiger partial charge in [-0.25, -0.2) is 8.42 Å². The second kappa shape index (κ2) is 7.53. The molecule has 0 radical (unpaired) electrons. The Morgan fingerprint density at radius 1 is 1.23 bits per heavy atom. The monoisotopic (exact) mass is 377 g/mol. The summed E-state index contributed by atoms with van der Waals surface area (Å²) in [5, 5.41) is 0. The van der Waals surface area contributed by atoms with Crippen LogP contribution in [0.4, 0.5) is 0 Å². The molecule has 0 saturated carbocycles. The zero-order valence-corrected chi connectivity index (χ0v) is 15.8. The molecule has 1 amide bonds. The minimum Gasteiger partial charge on any atom is -0.494 e. The number of carbonyl (C=O) groups is 1. The number of carbonyl (C=O) groups excluding carboxylic acids is 1. The van der Waals surface area contributed by atoms with Crippen LogP contribution >= 0.6 is 0 Å². The van der Waals surface area contributed by atoms with Crippen LogP contribution in [0, 0.1) is 6.92 Å². The first kappa shape index (κ1) is 18.5. The lowest BCUT2D eigenvalue weighted by Gasteiger charge is -2.27. The quantitative estimate of drug-likeness (QED) is 0.774. The van der Waals surface area contributed by atoms with Crippen molar-refractivity contribution in [1.29, 1.82) is 0 Å². The molecule has 140 valence electrons. The molecular formula is C19H23NO5S. The summed E-state index contributed by atoms with van der Waals surface area (Å²) in [5.74, 6) is 2.00. The number of aryl methyl sites for hydroxylation is 1. The van der Waals surface area contributed by atoms with Crippen LogP contribution in [0.3, 0.4) is 0 Å². The Morgan fingerprint density at radius 2 is 1.96 bits per heavy atom. The number of benzene rings is 1. The average Bonchev–Trinajstić information content (AvgIpc) is 3.18. The third-order valence-electron chi connectivity index (χ3n) is 4.44. The van der Waals surface area contributed by atoms with E-state index in [-0.39, 0.29) is 30.0 Å². The number of sulfone groups is 1. The van der Waals surface area contributed by atoms with E-state index in [1.807, 2.05) is 26.0 Å². The molecule has 2 aromatic rings. The highest BCUT2D eigenvalue weighted by Crippen LogP contribution is 2.24. The second-order valence-corrected chi connectivity index (χ2v) is 8.69. The number of furan rings is 1. The third-order valence-corrected chi connectivity index (χ3v) is 6.19. The van der Waals surface area contributed by atoms with Crippen LogP contribution in [0.15, 0.2) is 40.8 Å². The van der Waals surface area contributed by atoms with Crippen LogP contribution < -0.4 is 4.74 Å². The van der Waals surface area contributed by atoms with Gasteiger partial charge in [0.1, 0.15) is 17.3 Å². The van der Waals surface area contributed by atoms with Crippen molar-refractivity contribution in [1.82, 2.24) is 4.90 Å². The summed E-state index contributed by atoms with van der Waals surface area (Å²) in [6.07, 6.45) is 0.449. The zero-order valence-electron chi connectivity index (χ0n) is 15.0. The van der Waals surface area contributed by atoms with E-state index in [0.717, 1.165) is 5.76 Å². The highest BCUT2D eigenvalue weighted by atomic mass is 32.2. The number of hydrogen-bond donors (Lipinski definition) is 0. The van der Waals surface area contributed by atoms with Gasteiger partial charge in [0.05, 0.1) is 24.7 Å². The molecule has 6 nitrogen and oxygen atoms in total. The van der Waals surface area contributed by atoms with Crippen molar-refractivity contribution in [2.45, 2.75) is 32.9 Å². The van der Waals surface area contributed by atoms with Gasteiger partial charge in [-0.3, -0.25) is 4.79 Å². The van der Waals surface area contributed by atoms with Gasteiger partial charge in [-0.2, -0.15) is 0 Å². The predicted octanol–water partition coefficient (Wildman–Crippen LogP) is 2.82. The summed E-state index contributed by atoms with van der Waals surface area (Å²) in [7, 11) is -3.10. The van der Waals surface area contributed by atoms with Gasteiger partial charge >= 0.3 is 0 Å². The van der Waals surface area contributed by atoms with Crippen molar-refractivity contribution in [2.75, 3.05) is 18.1 Å². The first-order valence-corrected chi connectivity index (χ1v) is 10.5. The standard InChI is InChI=1S/C19H23NO5S/c1-3-24-17-8-5-15(6-9-17)19(21)20(12-18-7-4-14(2)25-18)16-10-11-26(22,23)13-16/h4-9,16H,3,10-13H2,1-2H3. The Labute approximate surface area is 153 Å². The molecule has 3 rings (SSSR count). The van der Waals surface area contributed by atoms with E-state index in [0.29, 0.717) is 30.1 Å². The Balaban J connectivity index is 1.85. The Kier molecular flexibility index (Phi) is 5.36. The summed E-state index contributed by atoms with van der Waals surface area (Å²) in [6, 6.07) is 10.2. The predicted molar refractivity (Wildman–Crippen MR) is 98.0 cm³/mol. The van der Waals surface area contributed by atoms with Gasteiger partial charge < -0.3 is 14.1 Å². The molecule has 1 unspecified atom stereocenters. The van der Waals surface area contributed by atoms with E-state index in [9.17, 15) is 13.2 Å². The van der Waals surface area contributed by atoms with Gasteiger partial charge in [-0.1, -0.05) is 0 Å². The topological polar surface area (TPSA) is 76.8 Å². The van der Waals surface area contributed by atoms with Crippen molar-refractivity contribution in [3.63, 3.8) is 0 Å². The van der Waals surface area contributed by atoms with Crippen molar-refractivity contribution in [2.24, 2.45) is 0 Å². The molecule has 1 aliphatic heterocycles. The molecule has 0 N–H and O–H groups in total. The van der Waals surface area contributed by atoms with E-state index in [2.05, 4.69) is 0 Å². The number of amides is 1. The zero-order chi connectivity index (χ0) is 18.7. The average molecular weight is 377 g/mol. The lowest BCUT2D eigenvalue weighted by Crippen LogP contribution is -2.40. The van der Waals surface area contributed by atoms with Crippen molar-refractivity contribution in [3.05, 3.63) is 53.5 Å². The molecule has 0 bridgehead atoms. The molecule has 7 heteroatoms. The summed E-state index contributed by atoms with van der Waals surface area (Å²) < 4.78 is 34.8. The molecule has 1 atom stereocenters. The summed E-state index contributed by atoms with van der Waals surface area (Å²) in [5.41, 5.74) is 0.501. The van der Waals surface area contributed by atoms with Gasteiger partial charge in [-0.05, 0) is 56.7 Å². The van der Waals surface area contributed by atoms with Crippen molar-refractivity contribution >= 4 is 15.7 Å². The Bertz CT molecular complexity index is 870. The molecule has 1 aliphatic rings. The maximum atomic E-state index is 13.1. The number of ether oxygens (including phenoxy) is 1. The van der Waals surface area contributed by atoms with Gasteiger partial charge in [0.15, 0.2) is 9.84 Å². The largest absolute Gasteiger partial charge is 0.494 e. The van der Waals surface area contributed by atoms with Crippen LogP contribution in [-0.4, -0.2) is 43.4 Å². The number of hydrogen-bond acceptors (Lipinski definition) is 5. The highest BCUT2D eigenvalue weighted by molar-refractivity contribution is 7.91. The van der Waals surface area contributed by atoms with Gasteiger partial charge in [-0.15, -0.1) is 0 Å². The molecule has 1 aromatic heterocycles. The SMILES string of the molecule is CCOc1ccc(C(=O)N(Cc2ccc(C)o2)C2CCS(=O)(=O)C2)cc1. The van der Waals surface area contributed by atoms with Gasteiger partial charge in [0.25, 0.3) is 5.91 Å². The minimum absolute atomic E-state index is 0.00450. The normalized spacial score (nSPS) is 18.6. The maximum absolute atomic E-state index is 13.1. The van der Waals surface area contributed by atoms with Crippen molar-refractivity contribution in [3.8, 4) is 5.75 Å². The van der Waals surface area contributed by atoms with Crippen LogP contribution in [-0.2, 0) is 16.4 Å². The molecular weight excluding hydrogens is 354 g/mol. The molecule has 0 spiro atoms. The number of rotatable bonds is 6. The second-order valence-electron chi connectivity index (χ2n) is 6.46. The third kappa shape index (κ3) is 4.27. The fraction of sp³-hybridized carbons (Fsp3) is 0.421. The molecule has 1 saturated heterocycles. The molecule has 26 heavy (non-hydrogen) atoms. The highest BCUT2D eigenvalue weighted by Gasteiger charge is 2.35. The van der Waals surface area contributed by atoms with Crippen LogP contribution in [0.5, 0.6) is 5.75 Å². The first-order chi connectivity index (χ1) is 12.4. The smallest absolute Gasteiger partial charge is 0.254 e. The van der Waals surface area contributed by atoms with E-state index in [1.54, 1.807) is 29.2 Å². The van der Waals surface area contributed by atoms with Crippen molar-refractivity contribution < 1.29 is 22.4 Å².